The first-order valence-electron chi connectivity index (χ1n) is 17.2. The zero-order valence-electron chi connectivity index (χ0n) is 30.4. The number of carbonyl (C=O) groups excluding carboxylic acids is 2. The molecule has 6 aromatic rings. The molecule has 4 heterocycles. The van der Waals surface area contributed by atoms with Gasteiger partial charge >= 0.3 is 11.9 Å². The van der Waals surface area contributed by atoms with Gasteiger partial charge in [-0.15, -0.1) is 0 Å². The molecule has 2 atom stereocenters. The van der Waals surface area contributed by atoms with E-state index in [9.17, 15) is 44.0 Å². The van der Waals surface area contributed by atoms with Crippen LogP contribution in [0.5, 0.6) is 0 Å². The van der Waals surface area contributed by atoms with Gasteiger partial charge in [-0.3, -0.25) is 14.2 Å². The van der Waals surface area contributed by atoms with Gasteiger partial charge in [0.25, 0.3) is 20.0 Å². The summed E-state index contributed by atoms with van der Waals surface area (Å²) in [5, 5.41) is 1.46. The molecule has 22 heteroatoms. The Hall–Kier alpha value is -5.70. The van der Waals surface area contributed by atoms with Crippen molar-refractivity contribution in [2.24, 2.45) is 5.92 Å². The lowest BCUT2D eigenvalue weighted by molar-refractivity contribution is -0.144. The van der Waals surface area contributed by atoms with Crippen LogP contribution in [-0.4, -0.2) is 61.9 Å². The maximum atomic E-state index is 14.5. The Morgan fingerprint density at radius 2 is 1.29 bits per heavy atom. The molecule has 310 valence electrons. The summed E-state index contributed by atoms with van der Waals surface area (Å²) in [7, 11) is -8.55. The largest absolute Gasteiger partial charge is 0.466 e. The van der Waals surface area contributed by atoms with E-state index in [2.05, 4.69) is 24.7 Å². The molecule has 0 amide bonds. The number of esters is 2. The lowest BCUT2D eigenvalue weighted by Crippen LogP contribution is -2.16. The third-order valence-corrected chi connectivity index (χ3v) is 11.9. The Labute approximate surface area is 343 Å². The lowest BCUT2D eigenvalue weighted by Gasteiger charge is -2.10. The van der Waals surface area contributed by atoms with Gasteiger partial charge in [-0.2, -0.15) is 18.7 Å². The van der Waals surface area contributed by atoms with Crippen LogP contribution in [-0.2, 0) is 39.1 Å². The van der Waals surface area contributed by atoms with Crippen LogP contribution in [0.4, 0.5) is 29.2 Å². The number of anilines is 2. The molecule has 59 heavy (non-hydrogen) atoms. The molecule has 0 radical (unpaired) electrons. The van der Waals surface area contributed by atoms with Crippen LogP contribution < -0.4 is 9.44 Å². The van der Waals surface area contributed by atoms with E-state index >= 15 is 0 Å². The summed E-state index contributed by atoms with van der Waals surface area (Å²) in [5.74, 6) is -8.30. The van der Waals surface area contributed by atoms with Crippen molar-refractivity contribution >= 4 is 94.7 Å². The number of fused-ring (bicyclic) bond motifs is 2. The summed E-state index contributed by atoms with van der Waals surface area (Å²) in [6.45, 7) is 3.56. The molecule has 1 aliphatic rings. The predicted molar refractivity (Wildman–Crippen MR) is 210 cm³/mol. The number of aromatic nitrogens is 4. The zero-order valence-corrected chi connectivity index (χ0v) is 33.6. The molecular formula is C37H30Cl2F4N6O8S2. The van der Waals surface area contributed by atoms with Crippen LogP contribution in [0.25, 0.3) is 27.9 Å². The van der Waals surface area contributed by atoms with Gasteiger partial charge in [0.05, 0.1) is 19.1 Å². The molecule has 4 aromatic heterocycles. The molecule has 4 N–H and O–H groups in total. The molecule has 0 aliphatic heterocycles. The number of nitrogens with one attached hydrogen (secondary N) is 4. The van der Waals surface area contributed by atoms with Gasteiger partial charge in [0.2, 0.25) is 11.9 Å². The molecule has 1 saturated carbocycles. The summed E-state index contributed by atoms with van der Waals surface area (Å²) >= 11 is 11.8. The second-order valence-corrected chi connectivity index (χ2v) is 16.8. The van der Waals surface area contributed by atoms with E-state index in [1.54, 1.807) is 19.9 Å². The highest BCUT2D eigenvalue weighted by atomic mass is 35.5. The van der Waals surface area contributed by atoms with Gasteiger partial charge < -0.3 is 19.4 Å². The number of halogens is 6. The monoisotopic (exact) mass is 896 g/mol. The van der Waals surface area contributed by atoms with E-state index < -0.39 is 79.0 Å². The second kappa shape index (κ2) is 17.3. The summed E-state index contributed by atoms with van der Waals surface area (Å²) in [6.07, 6.45) is 4.63. The Kier molecular flexibility index (Phi) is 12.5. The minimum absolute atomic E-state index is 0.0877. The molecule has 0 spiro atoms. The van der Waals surface area contributed by atoms with Gasteiger partial charge in [0, 0.05) is 67.4 Å². The number of aromatic amines is 2. The standard InChI is InChI=1S/C19H16ClF2N3O4S.C18H14ClF2N3O4S/c1-2-29-19(26)13-6-11(13)12-7-14(21)18(24-17(12)22)25-30(27,28)16-8-23-15-5-9(20)3-4-10(15)16;1-2-28-16(25)6-3-10-7-13(20)18(23-17(10)21)24-29(26,27)15-9-22-14-8-11(19)4-5-12(14)15/h3-5,7-8,11,13,23H,2,6H2,1H3,(H,24,25);3-9,22H,2H2,1H3,(H,23,24)/b;6-3+. The Balaban J connectivity index is 0.000000199. The number of nitrogens with zero attached hydrogens (tertiary/aromatic N) is 2. The van der Waals surface area contributed by atoms with Crippen LogP contribution in [0, 0.1) is 29.4 Å². The van der Waals surface area contributed by atoms with Crippen molar-refractivity contribution in [2.75, 3.05) is 22.7 Å². The van der Waals surface area contributed by atoms with Crippen molar-refractivity contribution in [1.29, 1.82) is 0 Å². The fourth-order valence-electron chi connectivity index (χ4n) is 5.83. The molecule has 1 fully saturated rings. The summed E-state index contributed by atoms with van der Waals surface area (Å²) in [4.78, 5) is 35.0. The maximum Gasteiger partial charge on any atom is 0.330 e. The van der Waals surface area contributed by atoms with Crippen LogP contribution >= 0.6 is 23.2 Å². The van der Waals surface area contributed by atoms with Crippen molar-refractivity contribution in [3.05, 3.63) is 112 Å². The molecule has 2 unspecified atom stereocenters. The van der Waals surface area contributed by atoms with Crippen molar-refractivity contribution in [3.8, 4) is 0 Å². The van der Waals surface area contributed by atoms with Gasteiger partial charge in [0.1, 0.15) is 9.79 Å². The highest BCUT2D eigenvalue weighted by Crippen LogP contribution is 2.49. The Bertz CT molecular complexity index is 2870. The summed E-state index contributed by atoms with van der Waals surface area (Å²) in [5.41, 5.74) is 0.490. The number of benzene rings is 2. The summed E-state index contributed by atoms with van der Waals surface area (Å²) in [6, 6.07) is 10.6. The number of rotatable bonds is 12. The molecule has 7 rings (SSSR count). The first-order valence-corrected chi connectivity index (χ1v) is 21.0. The Morgan fingerprint density at radius 1 is 0.780 bits per heavy atom. The van der Waals surface area contributed by atoms with Crippen LogP contribution in [0.15, 0.2) is 76.8 Å². The van der Waals surface area contributed by atoms with Gasteiger partial charge in [-0.05, 0) is 74.9 Å². The number of hydrogen-bond acceptors (Lipinski definition) is 10. The smallest absolute Gasteiger partial charge is 0.330 e. The number of carbonyl (C=O) groups is 2. The topological polar surface area (TPSA) is 202 Å². The van der Waals surface area contributed by atoms with Crippen LogP contribution in [0.1, 0.15) is 37.3 Å². The second-order valence-electron chi connectivity index (χ2n) is 12.6. The number of ether oxygens (including phenoxy) is 2. The predicted octanol–water partition coefficient (Wildman–Crippen LogP) is 7.83. The van der Waals surface area contributed by atoms with Gasteiger partial charge in [0.15, 0.2) is 23.3 Å². The number of pyridine rings is 2. The number of sulfonamides is 2. The van der Waals surface area contributed by atoms with E-state index in [4.69, 9.17) is 27.9 Å². The highest BCUT2D eigenvalue weighted by molar-refractivity contribution is 7.93. The van der Waals surface area contributed by atoms with Gasteiger partial charge in [-0.25, -0.2) is 30.4 Å². The van der Waals surface area contributed by atoms with E-state index in [1.165, 1.54) is 42.7 Å². The van der Waals surface area contributed by atoms with Crippen molar-refractivity contribution in [2.45, 2.75) is 36.0 Å². The van der Waals surface area contributed by atoms with Crippen molar-refractivity contribution in [1.82, 2.24) is 19.9 Å². The highest BCUT2D eigenvalue weighted by Gasteiger charge is 2.47. The van der Waals surface area contributed by atoms with E-state index in [1.807, 2.05) is 9.44 Å². The minimum Gasteiger partial charge on any atom is -0.466 e. The van der Waals surface area contributed by atoms with Crippen molar-refractivity contribution in [3.63, 3.8) is 0 Å². The third-order valence-electron chi connectivity index (χ3n) is 8.63. The number of hydrogen-bond donors (Lipinski definition) is 4. The fraction of sp³-hybridized carbons (Fsp3) is 0.189. The zero-order chi connectivity index (χ0) is 42.8. The first kappa shape index (κ1) is 42.9. The van der Waals surface area contributed by atoms with E-state index in [0.717, 1.165) is 18.2 Å². The average molecular weight is 898 g/mol. The number of H-pyrrole nitrogens is 2. The van der Waals surface area contributed by atoms with Crippen molar-refractivity contribution < 1.29 is 53.5 Å². The molecule has 2 aromatic carbocycles. The van der Waals surface area contributed by atoms with E-state index in [-0.39, 0.29) is 34.1 Å². The molecule has 0 saturated heterocycles. The van der Waals surface area contributed by atoms with Crippen LogP contribution in [0.2, 0.25) is 10.0 Å². The quantitative estimate of drug-likeness (QED) is 0.0406. The Morgan fingerprint density at radius 3 is 1.81 bits per heavy atom. The molecule has 14 nitrogen and oxygen atoms in total. The van der Waals surface area contributed by atoms with E-state index in [0.29, 0.717) is 44.3 Å². The lowest BCUT2D eigenvalue weighted by atomic mass is 10.1. The first-order chi connectivity index (χ1) is 27.9. The van der Waals surface area contributed by atoms with Crippen LogP contribution in [0.3, 0.4) is 0 Å². The molecular weight excluding hydrogens is 867 g/mol. The average Bonchev–Trinajstić information content (AvgIpc) is 3.65. The normalized spacial score (nSPS) is 15.2. The maximum absolute atomic E-state index is 14.5. The third kappa shape index (κ3) is 9.62. The minimum atomic E-state index is -4.28. The fourth-order valence-corrected chi connectivity index (χ4v) is 8.55. The summed E-state index contributed by atoms with van der Waals surface area (Å²) < 4.78 is 122. The SMILES string of the molecule is CCOC(=O)/C=C/c1cc(F)c(NS(=O)(=O)c2c[nH]c3cc(Cl)ccc23)nc1F.CCOC(=O)C1CC1c1cc(F)c(NS(=O)(=O)c2c[nH]c3cc(Cl)ccc23)nc1F. The molecule has 1 aliphatic carbocycles. The van der Waals surface area contributed by atoms with Gasteiger partial charge in [-0.1, -0.05) is 23.2 Å². The molecule has 0 bridgehead atoms.